The number of anilines is 1. The van der Waals surface area contributed by atoms with Gasteiger partial charge in [-0.25, -0.2) is 4.98 Å². The zero-order valence-electron chi connectivity index (χ0n) is 11.8. The number of aromatic amines is 1. The van der Waals surface area contributed by atoms with Crippen LogP contribution < -0.4 is 5.32 Å². The summed E-state index contributed by atoms with van der Waals surface area (Å²) in [5, 5.41) is 10.4. The summed E-state index contributed by atoms with van der Waals surface area (Å²) in [6, 6.07) is 6.25. The van der Waals surface area contributed by atoms with E-state index in [0.29, 0.717) is 5.92 Å². The largest absolute Gasteiger partial charge is 0.373 e. The van der Waals surface area contributed by atoms with Gasteiger partial charge in [-0.2, -0.15) is 5.10 Å². The number of H-pyrrole nitrogens is 1. The van der Waals surface area contributed by atoms with E-state index >= 15 is 0 Å². The van der Waals surface area contributed by atoms with Crippen molar-refractivity contribution in [1.82, 2.24) is 20.1 Å². The summed E-state index contributed by atoms with van der Waals surface area (Å²) in [5.41, 5.74) is 2.52. The van der Waals surface area contributed by atoms with Gasteiger partial charge in [-0.1, -0.05) is 6.07 Å². The summed E-state index contributed by atoms with van der Waals surface area (Å²) in [5.74, 6) is 1.55. The standard InChI is InChI=1S/C15H21N5/c1-16-15-13(4-2-7-17-15)11-20-9-3-5-12(10-20)14-6-8-18-19-14/h2,4,6-8,12H,3,5,9-11H2,1H3,(H,16,17)(H,18,19). The maximum Gasteiger partial charge on any atom is 0.130 e. The average molecular weight is 271 g/mol. The third kappa shape index (κ3) is 2.82. The van der Waals surface area contributed by atoms with Crippen LogP contribution in [0.4, 0.5) is 5.82 Å². The van der Waals surface area contributed by atoms with E-state index in [2.05, 4.69) is 37.5 Å². The van der Waals surface area contributed by atoms with E-state index in [1.807, 2.05) is 25.5 Å². The quantitative estimate of drug-likeness (QED) is 0.895. The van der Waals surface area contributed by atoms with Gasteiger partial charge in [0.1, 0.15) is 5.82 Å². The van der Waals surface area contributed by atoms with Gasteiger partial charge in [0.15, 0.2) is 0 Å². The first kappa shape index (κ1) is 13.1. The van der Waals surface area contributed by atoms with Gasteiger partial charge in [-0.05, 0) is 31.5 Å². The third-order valence-corrected chi connectivity index (χ3v) is 3.99. The zero-order chi connectivity index (χ0) is 13.8. The van der Waals surface area contributed by atoms with Crippen molar-refractivity contribution in [3.63, 3.8) is 0 Å². The molecule has 1 atom stereocenters. The fourth-order valence-electron chi connectivity index (χ4n) is 2.98. The smallest absolute Gasteiger partial charge is 0.130 e. The Hall–Kier alpha value is -1.88. The molecule has 5 heteroatoms. The van der Waals surface area contributed by atoms with Crippen LogP contribution in [0.1, 0.15) is 30.0 Å². The molecule has 0 aliphatic carbocycles. The molecule has 0 aromatic carbocycles. The third-order valence-electron chi connectivity index (χ3n) is 3.99. The van der Waals surface area contributed by atoms with Gasteiger partial charge >= 0.3 is 0 Å². The molecule has 0 amide bonds. The monoisotopic (exact) mass is 271 g/mol. The molecule has 2 N–H and O–H groups in total. The van der Waals surface area contributed by atoms with Gasteiger partial charge in [0.25, 0.3) is 0 Å². The minimum absolute atomic E-state index is 0.570. The molecule has 5 nitrogen and oxygen atoms in total. The topological polar surface area (TPSA) is 56.8 Å². The molecule has 106 valence electrons. The summed E-state index contributed by atoms with van der Waals surface area (Å²) < 4.78 is 0. The highest BCUT2D eigenvalue weighted by Crippen LogP contribution is 2.26. The van der Waals surface area contributed by atoms with Crippen molar-refractivity contribution >= 4 is 5.82 Å². The second-order valence-corrected chi connectivity index (χ2v) is 5.35. The number of pyridine rings is 1. The Morgan fingerprint density at radius 1 is 1.40 bits per heavy atom. The highest BCUT2D eigenvalue weighted by Gasteiger charge is 2.22. The fraction of sp³-hybridized carbons (Fsp3) is 0.467. The van der Waals surface area contributed by atoms with Crippen molar-refractivity contribution in [2.45, 2.75) is 25.3 Å². The van der Waals surface area contributed by atoms with Gasteiger partial charge in [0.05, 0.1) is 0 Å². The highest BCUT2D eigenvalue weighted by atomic mass is 15.2. The Kier molecular flexibility index (Phi) is 3.97. The lowest BCUT2D eigenvalue weighted by Crippen LogP contribution is -2.34. The maximum atomic E-state index is 4.38. The lowest BCUT2D eigenvalue weighted by Gasteiger charge is -2.32. The Morgan fingerprint density at radius 3 is 3.15 bits per heavy atom. The molecule has 1 unspecified atom stereocenters. The van der Waals surface area contributed by atoms with Crippen molar-refractivity contribution in [2.75, 3.05) is 25.5 Å². The minimum Gasteiger partial charge on any atom is -0.373 e. The average Bonchev–Trinajstić information content (AvgIpc) is 3.02. The van der Waals surface area contributed by atoms with Crippen molar-refractivity contribution in [3.05, 3.63) is 41.9 Å². The zero-order valence-corrected chi connectivity index (χ0v) is 11.8. The van der Waals surface area contributed by atoms with Crippen LogP contribution in [0.5, 0.6) is 0 Å². The molecular formula is C15H21N5. The predicted molar refractivity (Wildman–Crippen MR) is 79.6 cm³/mol. The second-order valence-electron chi connectivity index (χ2n) is 5.35. The van der Waals surface area contributed by atoms with Crippen LogP contribution in [0.3, 0.4) is 0 Å². The number of piperidine rings is 1. The molecule has 20 heavy (non-hydrogen) atoms. The molecular weight excluding hydrogens is 250 g/mol. The number of nitrogens with one attached hydrogen (secondary N) is 2. The van der Waals surface area contributed by atoms with Crippen LogP contribution in [0, 0.1) is 0 Å². The summed E-state index contributed by atoms with van der Waals surface area (Å²) in [6.45, 7) is 3.19. The number of nitrogens with zero attached hydrogens (tertiary/aromatic N) is 3. The molecule has 0 saturated carbocycles. The summed E-state index contributed by atoms with van der Waals surface area (Å²) in [6.07, 6.45) is 6.15. The predicted octanol–water partition coefficient (Wildman–Crippen LogP) is 2.23. The van der Waals surface area contributed by atoms with E-state index in [4.69, 9.17) is 0 Å². The first-order chi connectivity index (χ1) is 9.86. The van der Waals surface area contributed by atoms with Gasteiger partial charge in [0, 0.05) is 49.7 Å². The van der Waals surface area contributed by atoms with Crippen LogP contribution >= 0.6 is 0 Å². The van der Waals surface area contributed by atoms with Crippen molar-refractivity contribution in [2.24, 2.45) is 0 Å². The van der Waals surface area contributed by atoms with E-state index in [1.165, 1.54) is 24.1 Å². The van der Waals surface area contributed by atoms with Crippen molar-refractivity contribution < 1.29 is 0 Å². The van der Waals surface area contributed by atoms with E-state index in [1.54, 1.807) is 0 Å². The number of hydrogen-bond acceptors (Lipinski definition) is 4. The van der Waals surface area contributed by atoms with Gasteiger partial charge in [0.2, 0.25) is 0 Å². The molecule has 0 radical (unpaired) electrons. The van der Waals surface area contributed by atoms with Crippen LogP contribution in [0.2, 0.25) is 0 Å². The normalized spacial score (nSPS) is 19.9. The van der Waals surface area contributed by atoms with Crippen molar-refractivity contribution in [3.8, 4) is 0 Å². The van der Waals surface area contributed by atoms with Crippen LogP contribution in [-0.2, 0) is 6.54 Å². The molecule has 0 bridgehead atoms. The van der Waals surface area contributed by atoms with Gasteiger partial charge in [-0.3, -0.25) is 10.00 Å². The lowest BCUT2D eigenvalue weighted by atomic mass is 9.94. The van der Waals surface area contributed by atoms with Gasteiger partial charge in [-0.15, -0.1) is 0 Å². The second kappa shape index (κ2) is 6.05. The summed E-state index contributed by atoms with van der Waals surface area (Å²) in [7, 11) is 1.93. The van der Waals surface area contributed by atoms with E-state index in [9.17, 15) is 0 Å². The molecule has 1 saturated heterocycles. The van der Waals surface area contributed by atoms with Gasteiger partial charge < -0.3 is 5.32 Å². The molecule has 1 fully saturated rings. The molecule has 2 aromatic rings. The number of rotatable bonds is 4. The summed E-state index contributed by atoms with van der Waals surface area (Å²) in [4.78, 5) is 6.88. The van der Waals surface area contributed by atoms with E-state index < -0.39 is 0 Å². The Labute approximate surface area is 119 Å². The Balaban J connectivity index is 1.68. The number of likely N-dealkylation sites (tertiary alicyclic amines) is 1. The first-order valence-electron chi connectivity index (χ1n) is 7.20. The van der Waals surface area contributed by atoms with Crippen LogP contribution in [0.15, 0.2) is 30.6 Å². The molecule has 3 heterocycles. The molecule has 0 spiro atoms. The highest BCUT2D eigenvalue weighted by molar-refractivity contribution is 5.42. The fourth-order valence-corrected chi connectivity index (χ4v) is 2.98. The SMILES string of the molecule is CNc1ncccc1CN1CCCC(c2ccn[nH]2)C1. The van der Waals surface area contributed by atoms with Crippen LogP contribution in [0.25, 0.3) is 0 Å². The molecule has 3 rings (SSSR count). The molecule has 1 aliphatic heterocycles. The minimum atomic E-state index is 0.570. The lowest BCUT2D eigenvalue weighted by molar-refractivity contribution is 0.198. The molecule has 2 aromatic heterocycles. The number of hydrogen-bond donors (Lipinski definition) is 2. The Bertz CT molecular complexity index is 537. The Morgan fingerprint density at radius 2 is 2.35 bits per heavy atom. The first-order valence-corrected chi connectivity index (χ1v) is 7.20. The maximum absolute atomic E-state index is 4.38. The molecule has 1 aliphatic rings. The van der Waals surface area contributed by atoms with E-state index in [-0.39, 0.29) is 0 Å². The van der Waals surface area contributed by atoms with E-state index in [0.717, 1.165) is 25.5 Å². The van der Waals surface area contributed by atoms with Crippen molar-refractivity contribution in [1.29, 1.82) is 0 Å². The summed E-state index contributed by atoms with van der Waals surface area (Å²) >= 11 is 0. The number of aromatic nitrogens is 3. The van der Waals surface area contributed by atoms with Crippen LogP contribution in [-0.4, -0.2) is 40.2 Å².